The Balaban J connectivity index is 0.00000121. The number of carbonyl (C=O) groups is 2. The van der Waals surface area contributed by atoms with Crippen LogP contribution in [0.15, 0.2) is 12.5 Å². The van der Waals surface area contributed by atoms with Gasteiger partial charge in [0.25, 0.3) is 0 Å². The molecule has 1 heterocycles. The van der Waals surface area contributed by atoms with Crippen molar-refractivity contribution in [3.63, 3.8) is 0 Å². The summed E-state index contributed by atoms with van der Waals surface area (Å²) in [7, 11) is 0. The summed E-state index contributed by atoms with van der Waals surface area (Å²) in [4.78, 5) is 27.9. The zero-order valence-corrected chi connectivity index (χ0v) is 9.21. The number of carbonyl (C=O) groups excluding carboxylic acids is 2. The molecule has 1 rings (SSSR count). The van der Waals surface area contributed by atoms with E-state index in [1.165, 1.54) is 12.5 Å². The Hall–Kier alpha value is -0.490. The van der Waals surface area contributed by atoms with Crippen molar-refractivity contribution in [2.24, 2.45) is 0 Å². The van der Waals surface area contributed by atoms with Crippen LogP contribution in [0.3, 0.4) is 0 Å². The van der Waals surface area contributed by atoms with E-state index in [1.54, 1.807) is 0 Å². The minimum atomic E-state index is -0.542. The Kier molecular flexibility index (Phi) is 5.00. The predicted molar refractivity (Wildman–Crippen MR) is 52.0 cm³/mol. The Morgan fingerprint density at radius 2 is 2.25 bits per heavy atom. The van der Waals surface area contributed by atoms with Crippen molar-refractivity contribution in [3.8, 4) is 0 Å². The Bertz CT molecular complexity index is 271. The molecule has 6 heteroatoms. The third-order valence-corrected chi connectivity index (χ3v) is 1.63. The number of H-pyrrole nitrogens is 1. The lowest BCUT2D eigenvalue weighted by Gasteiger charge is -1.89. The molecule has 0 aliphatic carbocycles. The Morgan fingerprint density at radius 1 is 1.58 bits per heavy atom. The number of Topliss-reactive ketones (excluding diaryl/α,β-unsaturated/α-hetero) is 2. The molecule has 0 aromatic carbocycles. The van der Waals surface area contributed by atoms with Crippen LogP contribution in [-0.4, -0.2) is 26.9 Å². The number of nitrogens with zero attached hydrogens (tertiary/aromatic N) is 1. The zero-order chi connectivity index (χ0) is 8.27. The van der Waals surface area contributed by atoms with Crippen molar-refractivity contribution >= 4 is 44.5 Å². The SMILES string of the molecule is Br.O=C(CBr)C(=O)c1cnc[nH]1. The highest BCUT2D eigenvalue weighted by molar-refractivity contribution is 9.09. The van der Waals surface area contributed by atoms with E-state index in [0.29, 0.717) is 0 Å². The molecule has 0 unspecified atom stereocenters. The van der Waals surface area contributed by atoms with Gasteiger partial charge in [0, 0.05) is 0 Å². The quantitative estimate of drug-likeness (QED) is 0.517. The Labute approximate surface area is 87.7 Å². The first kappa shape index (κ1) is 11.5. The average molecular weight is 298 g/mol. The van der Waals surface area contributed by atoms with Crippen LogP contribution in [0.25, 0.3) is 0 Å². The van der Waals surface area contributed by atoms with Crippen LogP contribution in [0, 0.1) is 0 Å². The second-order valence-corrected chi connectivity index (χ2v) is 2.41. The molecule has 0 radical (unpaired) electrons. The molecule has 0 bridgehead atoms. The van der Waals surface area contributed by atoms with Crippen molar-refractivity contribution in [1.82, 2.24) is 9.97 Å². The molecule has 4 nitrogen and oxygen atoms in total. The van der Waals surface area contributed by atoms with E-state index >= 15 is 0 Å². The van der Waals surface area contributed by atoms with Crippen molar-refractivity contribution in [3.05, 3.63) is 18.2 Å². The van der Waals surface area contributed by atoms with Gasteiger partial charge < -0.3 is 4.98 Å². The monoisotopic (exact) mass is 296 g/mol. The Morgan fingerprint density at radius 3 is 2.67 bits per heavy atom. The second kappa shape index (κ2) is 5.21. The largest absolute Gasteiger partial charge is 0.342 e. The minimum absolute atomic E-state index is 0. The molecule has 12 heavy (non-hydrogen) atoms. The third-order valence-electron chi connectivity index (χ3n) is 1.12. The highest BCUT2D eigenvalue weighted by atomic mass is 79.9. The van der Waals surface area contributed by atoms with E-state index in [2.05, 4.69) is 25.9 Å². The fraction of sp³-hybridized carbons (Fsp3) is 0.167. The summed E-state index contributed by atoms with van der Waals surface area (Å²) < 4.78 is 0. The first-order chi connectivity index (χ1) is 5.25. The normalized spacial score (nSPS) is 8.75. The van der Waals surface area contributed by atoms with Crippen molar-refractivity contribution < 1.29 is 9.59 Å². The topological polar surface area (TPSA) is 62.8 Å². The fourth-order valence-corrected chi connectivity index (χ4v) is 0.846. The predicted octanol–water partition coefficient (Wildman–Crippen LogP) is 1.13. The first-order valence-electron chi connectivity index (χ1n) is 2.87. The molecular weight excluding hydrogens is 292 g/mol. The van der Waals surface area contributed by atoms with Crippen LogP contribution in [0.2, 0.25) is 0 Å². The van der Waals surface area contributed by atoms with Crippen LogP contribution >= 0.6 is 32.9 Å². The summed E-state index contributed by atoms with van der Waals surface area (Å²) in [5, 5.41) is 0.0465. The number of ketones is 2. The molecule has 0 fully saturated rings. The van der Waals surface area contributed by atoms with E-state index in [1.807, 2.05) is 0 Å². The number of rotatable bonds is 3. The molecular formula is C6H6Br2N2O2. The van der Waals surface area contributed by atoms with Crippen LogP contribution < -0.4 is 0 Å². The smallest absolute Gasteiger partial charge is 0.247 e. The van der Waals surface area contributed by atoms with E-state index in [4.69, 9.17) is 0 Å². The molecule has 1 aromatic heterocycles. The minimum Gasteiger partial charge on any atom is -0.342 e. The van der Waals surface area contributed by atoms with Gasteiger partial charge >= 0.3 is 0 Å². The van der Waals surface area contributed by atoms with Gasteiger partial charge in [-0.05, 0) is 0 Å². The molecule has 1 N–H and O–H groups in total. The van der Waals surface area contributed by atoms with E-state index in [9.17, 15) is 9.59 Å². The number of halogens is 2. The summed E-state index contributed by atoms with van der Waals surface area (Å²) >= 11 is 2.90. The van der Waals surface area contributed by atoms with Gasteiger partial charge in [-0.3, -0.25) is 9.59 Å². The number of hydrogen-bond donors (Lipinski definition) is 1. The highest BCUT2D eigenvalue weighted by Crippen LogP contribution is 1.96. The number of nitrogens with one attached hydrogen (secondary N) is 1. The molecule has 0 saturated heterocycles. The molecule has 0 spiro atoms. The number of imidazole rings is 1. The van der Waals surface area contributed by atoms with Crippen molar-refractivity contribution in [2.75, 3.05) is 5.33 Å². The summed E-state index contributed by atoms with van der Waals surface area (Å²) in [5.41, 5.74) is 0.231. The van der Waals surface area contributed by atoms with Gasteiger partial charge in [-0.25, -0.2) is 4.98 Å². The lowest BCUT2D eigenvalue weighted by molar-refractivity contribution is -0.112. The second-order valence-electron chi connectivity index (χ2n) is 1.85. The first-order valence-corrected chi connectivity index (χ1v) is 3.99. The van der Waals surface area contributed by atoms with E-state index in [-0.39, 0.29) is 28.0 Å². The maximum Gasteiger partial charge on any atom is 0.247 e. The van der Waals surface area contributed by atoms with Crippen LogP contribution in [-0.2, 0) is 4.79 Å². The maximum absolute atomic E-state index is 11.0. The lowest BCUT2D eigenvalue weighted by atomic mass is 10.2. The molecule has 0 aliphatic rings. The lowest BCUT2D eigenvalue weighted by Crippen LogP contribution is -2.15. The van der Waals surface area contributed by atoms with Crippen LogP contribution in [0.5, 0.6) is 0 Å². The fourth-order valence-electron chi connectivity index (χ4n) is 0.591. The van der Waals surface area contributed by atoms with Crippen LogP contribution in [0.4, 0.5) is 0 Å². The molecule has 1 aromatic rings. The van der Waals surface area contributed by atoms with Gasteiger partial charge in [-0.2, -0.15) is 0 Å². The maximum atomic E-state index is 11.0. The zero-order valence-electron chi connectivity index (χ0n) is 5.91. The molecule has 66 valence electrons. The third kappa shape index (κ3) is 2.53. The summed E-state index contributed by atoms with van der Waals surface area (Å²) in [6.45, 7) is 0. The highest BCUT2D eigenvalue weighted by Gasteiger charge is 2.14. The standard InChI is InChI=1S/C6H5BrN2O2.BrH/c7-1-5(10)6(11)4-2-8-3-9-4;/h2-3H,1H2,(H,8,9);1H. The van der Waals surface area contributed by atoms with Gasteiger partial charge in [0.15, 0.2) is 0 Å². The van der Waals surface area contributed by atoms with Gasteiger partial charge in [-0.1, -0.05) is 15.9 Å². The van der Waals surface area contributed by atoms with Crippen molar-refractivity contribution in [1.29, 1.82) is 0 Å². The van der Waals surface area contributed by atoms with Crippen molar-refractivity contribution in [2.45, 2.75) is 0 Å². The number of alkyl halides is 1. The summed E-state index contributed by atoms with van der Waals surface area (Å²) in [6, 6.07) is 0. The molecule has 0 amide bonds. The number of aromatic amines is 1. The van der Waals surface area contributed by atoms with Crippen LogP contribution in [0.1, 0.15) is 10.5 Å². The molecule has 0 saturated carbocycles. The van der Waals surface area contributed by atoms with Gasteiger partial charge in [0.05, 0.1) is 17.9 Å². The summed E-state index contributed by atoms with van der Waals surface area (Å²) in [6.07, 6.45) is 2.68. The van der Waals surface area contributed by atoms with E-state index < -0.39 is 11.6 Å². The van der Waals surface area contributed by atoms with Gasteiger partial charge in [-0.15, -0.1) is 17.0 Å². The average Bonchev–Trinajstić information content (AvgIpc) is 2.53. The molecule has 0 atom stereocenters. The number of hydrogen-bond acceptors (Lipinski definition) is 3. The summed E-state index contributed by atoms with van der Waals surface area (Å²) in [5.74, 6) is -1.02. The van der Waals surface area contributed by atoms with Gasteiger partial charge in [0.1, 0.15) is 5.69 Å². The number of aromatic nitrogens is 2. The molecule has 0 aliphatic heterocycles. The van der Waals surface area contributed by atoms with E-state index in [0.717, 1.165) is 0 Å². The van der Waals surface area contributed by atoms with Gasteiger partial charge in [0.2, 0.25) is 11.6 Å².